The fourth-order valence-electron chi connectivity index (χ4n) is 6.68. The predicted molar refractivity (Wildman–Crippen MR) is 97.7 cm³/mol. The Morgan fingerprint density at radius 1 is 1.12 bits per heavy atom. The Morgan fingerprint density at radius 3 is 2.64 bits per heavy atom. The van der Waals surface area contributed by atoms with E-state index < -0.39 is 5.54 Å². The van der Waals surface area contributed by atoms with E-state index >= 15 is 0 Å². The molecule has 3 aliphatic carbocycles. The largest absolute Gasteiger partial charge is 0.369 e. The van der Waals surface area contributed by atoms with E-state index in [-0.39, 0.29) is 11.3 Å². The van der Waals surface area contributed by atoms with Crippen molar-refractivity contribution in [2.24, 2.45) is 33.9 Å². The van der Waals surface area contributed by atoms with Gasteiger partial charge < -0.3 is 5.73 Å². The highest BCUT2D eigenvalue weighted by Gasteiger charge is 2.65. The normalized spacial score (nSPS) is 42.6. The molecule has 3 fully saturated rings. The molecule has 0 spiro atoms. The molecular weight excluding hydrogens is 310 g/mol. The second-order valence-electron chi connectivity index (χ2n) is 8.84. The summed E-state index contributed by atoms with van der Waals surface area (Å²) >= 11 is 0. The quantitative estimate of drug-likeness (QED) is 0.900. The summed E-state index contributed by atoms with van der Waals surface area (Å²) in [6.07, 6.45) is 8.70. The number of hydrogen-bond acceptors (Lipinski definition) is 3. The van der Waals surface area contributed by atoms with Gasteiger partial charge >= 0.3 is 0 Å². The van der Waals surface area contributed by atoms with E-state index in [4.69, 9.17) is 10.7 Å². The van der Waals surface area contributed by atoms with Crippen molar-refractivity contribution >= 4 is 11.9 Å². The van der Waals surface area contributed by atoms with E-state index in [1.807, 2.05) is 18.2 Å². The average Bonchev–Trinajstić information content (AvgIpc) is 2.86. The molecule has 0 aromatic heterocycles. The first-order valence-corrected chi connectivity index (χ1v) is 9.75. The van der Waals surface area contributed by atoms with Gasteiger partial charge in [0.05, 0.1) is 0 Å². The summed E-state index contributed by atoms with van der Waals surface area (Å²) in [5.74, 6) is 2.85. The monoisotopic (exact) mass is 337 g/mol. The van der Waals surface area contributed by atoms with E-state index in [9.17, 15) is 4.79 Å². The summed E-state index contributed by atoms with van der Waals surface area (Å²) in [5, 5.41) is 0. The van der Waals surface area contributed by atoms with Crippen LogP contribution in [0.3, 0.4) is 0 Å². The van der Waals surface area contributed by atoms with Gasteiger partial charge in [-0.1, -0.05) is 36.8 Å². The Bertz CT molecular complexity index is 741. The number of guanidine groups is 1. The first-order valence-electron chi connectivity index (χ1n) is 9.75. The lowest BCUT2D eigenvalue weighted by atomic mass is 9.45. The van der Waals surface area contributed by atoms with Crippen molar-refractivity contribution in [2.45, 2.75) is 50.5 Å². The van der Waals surface area contributed by atoms with Crippen LogP contribution in [-0.2, 0) is 10.3 Å². The summed E-state index contributed by atoms with van der Waals surface area (Å²) < 4.78 is 0. The second-order valence-corrected chi connectivity index (χ2v) is 8.84. The zero-order valence-electron chi connectivity index (χ0n) is 14.9. The fourth-order valence-corrected chi connectivity index (χ4v) is 6.68. The van der Waals surface area contributed by atoms with Crippen LogP contribution >= 0.6 is 0 Å². The topological polar surface area (TPSA) is 58.7 Å². The van der Waals surface area contributed by atoms with Gasteiger partial charge in [0.2, 0.25) is 0 Å². The third-order valence-electron chi connectivity index (χ3n) is 7.77. The maximum Gasteiger partial charge on any atom is 0.262 e. The summed E-state index contributed by atoms with van der Waals surface area (Å²) in [7, 11) is 1.78. The standard InChI is InChI=1S/C21H27N3O/c1-24-18(25)21(23-19(24)22,17-5-3-2-4-6-17)20-10-9-15-8-7-14(12-20)11-16(15)13-20/h2-6,14-16H,7-13H2,1H3,(H2,22,23). The lowest BCUT2D eigenvalue weighted by Gasteiger charge is -2.59. The summed E-state index contributed by atoms with van der Waals surface area (Å²) in [4.78, 5) is 20.1. The van der Waals surface area contributed by atoms with Gasteiger partial charge in [-0.05, 0) is 61.8 Å². The van der Waals surface area contributed by atoms with Crippen LogP contribution in [0.4, 0.5) is 0 Å². The van der Waals surface area contributed by atoms with E-state index in [1.165, 1.54) is 25.7 Å². The van der Waals surface area contributed by atoms with Gasteiger partial charge in [0.1, 0.15) is 0 Å². The maximum absolute atomic E-state index is 13.6. The molecule has 25 heavy (non-hydrogen) atoms. The van der Waals surface area contributed by atoms with E-state index in [0.717, 1.165) is 42.6 Å². The van der Waals surface area contributed by atoms with Crippen molar-refractivity contribution in [2.75, 3.05) is 7.05 Å². The van der Waals surface area contributed by atoms with E-state index in [2.05, 4.69) is 12.1 Å². The van der Waals surface area contributed by atoms with Crippen molar-refractivity contribution in [3.8, 4) is 0 Å². The van der Waals surface area contributed by atoms with Crippen LogP contribution in [0.1, 0.15) is 50.5 Å². The number of carbonyl (C=O) groups excluding carboxylic acids is 1. The molecule has 1 amide bonds. The lowest BCUT2D eigenvalue weighted by Crippen LogP contribution is -2.58. The highest BCUT2D eigenvalue weighted by molar-refractivity contribution is 6.07. The molecule has 1 aromatic rings. The van der Waals surface area contributed by atoms with Crippen molar-refractivity contribution in [3.05, 3.63) is 35.9 Å². The van der Waals surface area contributed by atoms with Gasteiger partial charge in [-0.2, -0.15) is 0 Å². The van der Waals surface area contributed by atoms with E-state index in [1.54, 1.807) is 11.9 Å². The number of carbonyl (C=O) groups is 1. The van der Waals surface area contributed by atoms with Crippen LogP contribution in [0.25, 0.3) is 0 Å². The molecule has 0 radical (unpaired) electrons. The third-order valence-corrected chi connectivity index (χ3v) is 7.77. The number of likely N-dealkylation sites (N-methyl/N-ethyl adjacent to an activating group) is 1. The Balaban J connectivity index is 1.71. The van der Waals surface area contributed by atoms with Gasteiger partial charge in [0, 0.05) is 12.5 Å². The molecule has 1 aliphatic heterocycles. The number of amides is 1. The van der Waals surface area contributed by atoms with Gasteiger partial charge in [-0.15, -0.1) is 0 Å². The van der Waals surface area contributed by atoms with Crippen LogP contribution in [0.15, 0.2) is 35.3 Å². The predicted octanol–water partition coefficient (Wildman–Crippen LogP) is 3.28. The molecule has 3 bridgehead atoms. The van der Waals surface area contributed by atoms with Crippen LogP contribution in [-0.4, -0.2) is 23.8 Å². The summed E-state index contributed by atoms with van der Waals surface area (Å²) in [6.45, 7) is 0. The minimum atomic E-state index is -0.813. The zero-order valence-corrected chi connectivity index (χ0v) is 14.9. The number of nitrogens with two attached hydrogens (primary N) is 1. The zero-order chi connectivity index (χ0) is 17.2. The number of rotatable bonds is 2. The van der Waals surface area contributed by atoms with Crippen molar-refractivity contribution in [1.82, 2.24) is 4.90 Å². The van der Waals surface area contributed by atoms with Crippen LogP contribution in [0, 0.1) is 23.2 Å². The van der Waals surface area contributed by atoms with Gasteiger partial charge in [-0.3, -0.25) is 9.69 Å². The number of aliphatic imine (C=N–C) groups is 1. The number of benzene rings is 1. The summed E-state index contributed by atoms with van der Waals surface area (Å²) in [5.41, 5.74) is 6.34. The molecule has 3 saturated carbocycles. The van der Waals surface area contributed by atoms with Gasteiger partial charge in [0.15, 0.2) is 11.5 Å². The SMILES string of the molecule is CN1C(=O)C(c2ccccc2)(C23CCC4CCC(CC4C2)C3)N=C1N. The van der Waals surface area contributed by atoms with Crippen LogP contribution in [0.2, 0.25) is 0 Å². The minimum absolute atomic E-state index is 0.0642. The molecule has 4 heteroatoms. The fraction of sp³-hybridized carbons (Fsp3) is 0.619. The number of fused-ring (bicyclic) bond motifs is 2. The average molecular weight is 337 g/mol. The van der Waals surface area contributed by atoms with Crippen LogP contribution in [0.5, 0.6) is 0 Å². The molecule has 4 nitrogen and oxygen atoms in total. The Labute approximate surface area is 149 Å². The molecule has 5 unspecified atom stereocenters. The Kier molecular flexibility index (Phi) is 3.14. The summed E-state index contributed by atoms with van der Waals surface area (Å²) in [6, 6.07) is 10.2. The first kappa shape index (κ1) is 15.4. The number of hydrogen-bond donors (Lipinski definition) is 1. The molecule has 1 heterocycles. The molecular formula is C21H27N3O. The maximum atomic E-state index is 13.6. The van der Waals surface area contributed by atoms with E-state index in [0.29, 0.717) is 5.96 Å². The lowest BCUT2D eigenvalue weighted by molar-refractivity contribution is -0.145. The van der Waals surface area contributed by atoms with Gasteiger partial charge in [0.25, 0.3) is 5.91 Å². The minimum Gasteiger partial charge on any atom is -0.369 e. The Hall–Kier alpha value is -1.84. The van der Waals surface area contributed by atoms with Crippen molar-refractivity contribution in [3.63, 3.8) is 0 Å². The Morgan fingerprint density at radius 2 is 1.92 bits per heavy atom. The molecule has 132 valence electrons. The highest BCUT2D eigenvalue weighted by atomic mass is 16.2. The highest BCUT2D eigenvalue weighted by Crippen LogP contribution is 2.66. The molecule has 5 rings (SSSR count). The molecule has 4 aliphatic rings. The van der Waals surface area contributed by atoms with Gasteiger partial charge in [-0.25, -0.2) is 4.99 Å². The number of nitrogens with zero attached hydrogens (tertiary/aromatic N) is 2. The van der Waals surface area contributed by atoms with Crippen LogP contribution < -0.4 is 5.73 Å². The third kappa shape index (κ3) is 1.88. The second kappa shape index (κ2) is 5.09. The molecule has 2 N–H and O–H groups in total. The first-order chi connectivity index (χ1) is 12.1. The molecule has 5 atom stereocenters. The molecule has 1 aromatic carbocycles. The molecule has 0 saturated heterocycles. The smallest absolute Gasteiger partial charge is 0.262 e. The van der Waals surface area contributed by atoms with Crippen molar-refractivity contribution < 1.29 is 4.79 Å². The van der Waals surface area contributed by atoms with Crippen molar-refractivity contribution in [1.29, 1.82) is 0 Å².